The number of carbonyl (C=O) groups excluding carboxylic acids is 1. The van der Waals surface area contributed by atoms with Gasteiger partial charge in [-0.1, -0.05) is 6.07 Å². The molecule has 0 saturated carbocycles. The largest absolute Gasteiger partial charge is 0.331 e. The van der Waals surface area contributed by atoms with Gasteiger partial charge in [0.05, 0.1) is 5.69 Å². The van der Waals surface area contributed by atoms with Crippen molar-refractivity contribution in [1.82, 2.24) is 29.8 Å². The molecule has 8 nitrogen and oxygen atoms in total. The van der Waals surface area contributed by atoms with Gasteiger partial charge in [-0.2, -0.15) is 0 Å². The van der Waals surface area contributed by atoms with Crippen molar-refractivity contribution >= 4 is 11.7 Å². The van der Waals surface area contributed by atoms with Gasteiger partial charge in [0, 0.05) is 18.1 Å². The van der Waals surface area contributed by atoms with Crippen LogP contribution in [0.2, 0.25) is 0 Å². The van der Waals surface area contributed by atoms with E-state index in [4.69, 9.17) is 0 Å². The fourth-order valence-electron chi connectivity index (χ4n) is 1.57. The molecule has 0 fully saturated rings. The van der Waals surface area contributed by atoms with E-state index in [1.165, 1.54) is 28.1 Å². The van der Waals surface area contributed by atoms with Crippen molar-refractivity contribution in [2.45, 2.75) is 0 Å². The van der Waals surface area contributed by atoms with Crippen LogP contribution in [0, 0.1) is 0 Å². The van der Waals surface area contributed by atoms with E-state index in [0.29, 0.717) is 5.69 Å². The molecule has 0 aliphatic rings. The highest BCUT2D eigenvalue weighted by atomic mass is 16.2. The Labute approximate surface area is 107 Å². The third-order valence-corrected chi connectivity index (χ3v) is 2.45. The summed E-state index contributed by atoms with van der Waals surface area (Å²) in [5.74, 6) is 0. The summed E-state index contributed by atoms with van der Waals surface area (Å²) in [6.45, 7) is 0. The van der Waals surface area contributed by atoms with Gasteiger partial charge in [-0.25, -0.2) is 14.5 Å². The van der Waals surface area contributed by atoms with Crippen LogP contribution in [0.3, 0.4) is 0 Å². The fraction of sp³-hybridized carbons (Fsp3) is 0. The molecular formula is C11H9N7O. The normalized spacial score (nSPS) is 10.3. The number of anilines is 1. The van der Waals surface area contributed by atoms with Crippen LogP contribution < -0.4 is 5.32 Å². The molecule has 0 aliphatic carbocycles. The van der Waals surface area contributed by atoms with Gasteiger partial charge < -0.3 is 5.32 Å². The van der Waals surface area contributed by atoms with Gasteiger partial charge in [-0.05, 0) is 28.6 Å². The van der Waals surface area contributed by atoms with E-state index in [9.17, 15) is 4.79 Å². The molecular weight excluding hydrogens is 246 g/mol. The average Bonchev–Trinajstić information content (AvgIpc) is 3.13. The van der Waals surface area contributed by atoms with Crippen LogP contribution in [-0.4, -0.2) is 35.8 Å². The highest BCUT2D eigenvalue weighted by molar-refractivity contribution is 5.91. The third kappa shape index (κ3) is 2.32. The maximum absolute atomic E-state index is 11.8. The molecule has 0 spiro atoms. The molecule has 3 aromatic rings. The fourth-order valence-corrected chi connectivity index (χ4v) is 1.57. The summed E-state index contributed by atoms with van der Waals surface area (Å²) >= 11 is 0. The number of tetrazole rings is 1. The summed E-state index contributed by atoms with van der Waals surface area (Å²) in [4.78, 5) is 15.7. The molecule has 0 bridgehead atoms. The van der Waals surface area contributed by atoms with Crippen LogP contribution in [-0.2, 0) is 0 Å². The van der Waals surface area contributed by atoms with Crippen molar-refractivity contribution in [3.05, 3.63) is 49.3 Å². The van der Waals surface area contributed by atoms with Crippen molar-refractivity contribution in [2.75, 3.05) is 5.32 Å². The van der Waals surface area contributed by atoms with Gasteiger partial charge in [-0.3, -0.25) is 4.57 Å². The molecule has 0 saturated heterocycles. The number of amides is 1. The molecule has 1 amide bonds. The molecule has 0 radical (unpaired) electrons. The first-order valence-corrected chi connectivity index (χ1v) is 5.46. The molecule has 94 valence electrons. The first-order valence-electron chi connectivity index (χ1n) is 5.46. The van der Waals surface area contributed by atoms with Gasteiger partial charge in [-0.15, -0.1) is 5.10 Å². The minimum atomic E-state index is -0.286. The SMILES string of the molecule is O=C(Nc1cccc(-n2cnnn2)c1)n1ccnc1. The van der Waals surface area contributed by atoms with Crippen molar-refractivity contribution < 1.29 is 4.79 Å². The molecule has 3 rings (SSSR count). The number of carbonyl (C=O) groups is 1. The number of hydrogen-bond donors (Lipinski definition) is 1. The highest BCUT2D eigenvalue weighted by Gasteiger charge is 2.05. The maximum Gasteiger partial charge on any atom is 0.331 e. The predicted octanol–water partition coefficient (Wildman–Crippen LogP) is 0.939. The number of rotatable bonds is 2. The molecule has 1 aromatic carbocycles. The second kappa shape index (κ2) is 4.69. The number of aromatic nitrogens is 6. The van der Waals surface area contributed by atoms with Crippen molar-refractivity contribution in [3.8, 4) is 5.69 Å². The lowest BCUT2D eigenvalue weighted by molar-refractivity contribution is 0.253. The van der Waals surface area contributed by atoms with Crippen LogP contribution >= 0.6 is 0 Å². The van der Waals surface area contributed by atoms with E-state index in [-0.39, 0.29) is 6.03 Å². The Hall–Kier alpha value is -3.03. The van der Waals surface area contributed by atoms with Crippen LogP contribution in [0.1, 0.15) is 0 Å². The van der Waals surface area contributed by atoms with Gasteiger partial charge in [0.25, 0.3) is 0 Å². The Morgan fingerprint density at radius 3 is 2.95 bits per heavy atom. The Morgan fingerprint density at radius 2 is 2.21 bits per heavy atom. The minimum Gasteiger partial charge on any atom is -0.307 e. The zero-order chi connectivity index (χ0) is 13.1. The quantitative estimate of drug-likeness (QED) is 0.735. The van der Waals surface area contributed by atoms with E-state index in [0.717, 1.165) is 5.69 Å². The number of benzene rings is 1. The van der Waals surface area contributed by atoms with Gasteiger partial charge in [0.15, 0.2) is 0 Å². The molecule has 2 aromatic heterocycles. The van der Waals surface area contributed by atoms with Crippen LogP contribution in [0.25, 0.3) is 5.69 Å². The van der Waals surface area contributed by atoms with Crippen LogP contribution in [0.15, 0.2) is 49.3 Å². The standard InChI is InChI=1S/C11H9N7O/c19-11(17-5-4-12-7-17)14-9-2-1-3-10(6-9)18-8-13-15-16-18/h1-8H,(H,14,19). The lowest BCUT2D eigenvalue weighted by Gasteiger charge is -2.06. The molecule has 0 unspecified atom stereocenters. The summed E-state index contributed by atoms with van der Waals surface area (Å²) in [5.41, 5.74) is 1.40. The van der Waals surface area contributed by atoms with Crippen molar-refractivity contribution in [1.29, 1.82) is 0 Å². The first-order chi connectivity index (χ1) is 9.33. The molecule has 0 atom stereocenters. The maximum atomic E-state index is 11.8. The zero-order valence-electron chi connectivity index (χ0n) is 9.71. The molecule has 19 heavy (non-hydrogen) atoms. The second-order valence-electron chi connectivity index (χ2n) is 3.70. The number of hydrogen-bond acceptors (Lipinski definition) is 5. The van der Waals surface area contributed by atoms with Crippen molar-refractivity contribution in [3.63, 3.8) is 0 Å². The van der Waals surface area contributed by atoms with E-state index in [2.05, 4.69) is 25.8 Å². The number of nitrogens with zero attached hydrogens (tertiary/aromatic N) is 6. The summed E-state index contributed by atoms with van der Waals surface area (Å²) in [5, 5.41) is 13.7. The monoisotopic (exact) mass is 255 g/mol. The summed E-state index contributed by atoms with van der Waals surface area (Å²) in [6.07, 6.45) is 6.02. The number of imidazole rings is 1. The van der Waals surface area contributed by atoms with E-state index in [1.54, 1.807) is 24.4 Å². The zero-order valence-corrected chi connectivity index (χ0v) is 9.71. The van der Waals surface area contributed by atoms with E-state index < -0.39 is 0 Å². The lowest BCUT2D eigenvalue weighted by atomic mass is 10.3. The molecule has 1 N–H and O–H groups in total. The summed E-state index contributed by atoms with van der Waals surface area (Å²) in [6, 6.07) is 6.91. The first kappa shape index (κ1) is 11.1. The van der Waals surface area contributed by atoms with Crippen LogP contribution in [0.4, 0.5) is 10.5 Å². The smallest absolute Gasteiger partial charge is 0.307 e. The summed E-state index contributed by atoms with van der Waals surface area (Å²) in [7, 11) is 0. The summed E-state index contributed by atoms with van der Waals surface area (Å²) < 4.78 is 2.86. The lowest BCUT2D eigenvalue weighted by Crippen LogP contribution is -2.17. The van der Waals surface area contributed by atoms with Crippen LogP contribution in [0.5, 0.6) is 0 Å². The topological polar surface area (TPSA) is 90.5 Å². The molecule has 8 heteroatoms. The highest BCUT2D eigenvalue weighted by Crippen LogP contribution is 2.13. The van der Waals surface area contributed by atoms with Crippen molar-refractivity contribution in [2.24, 2.45) is 0 Å². The van der Waals surface area contributed by atoms with Gasteiger partial charge in [0.1, 0.15) is 12.7 Å². The van der Waals surface area contributed by atoms with E-state index in [1.807, 2.05) is 6.07 Å². The minimum absolute atomic E-state index is 0.286. The third-order valence-electron chi connectivity index (χ3n) is 2.45. The Balaban J connectivity index is 1.82. The predicted molar refractivity (Wildman–Crippen MR) is 65.8 cm³/mol. The number of nitrogens with one attached hydrogen (secondary N) is 1. The Kier molecular flexibility index (Phi) is 2.73. The Morgan fingerprint density at radius 1 is 1.26 bits per heavy atom. The Bertz CT molecular complexity index is 675. The van der Waals surface area contributed by atoms with Gasteiger partial charge >= 0.3 is 6.03 Å². The average molecular weight is 255 g/mol. The second-order valence-corrected chi connectivity index (χ2v) is 3.70. The van der Waals surface area contributed by atoms with Gasteiger partial charge in [0.2, 0.25) is 0 Å². The molecule has 2 heterocycles. The molecule has 0 aliphatic heterocycles. The van der Waals surface area contributed by atoms with E-state index >= 15 is 0 Å².